The largest absolute Gasteiger partial charge is 0.346 e. The fourth-order valence-electron chi connectivity index (χ4n) is 4.13. The summed E-state index contributed by atoms with van der Waals surface area (Å²) in [6.45, 7) is 2.02. The van der Waals surface area contributed by atoms with Crippen molar-refractivity contribution < 1.29 is 17.6 Å². The summed E-state index contributed by atoms with van der Waals surface area (Å²) in [5.74, 6) is -1.43. The Morgan fingerprint density at radius 3 is 2.27 bits per heavy atom. The molecule has 1 heterocycles. The van der Waals surface area contributed by atoms with Crippen LogP contribution in [0.15, 0.2) is 84.2 Å². The van der Waals surface area contributed by atoms with Gasteiger partial charge in [0.05, 0.1) is 17.7 Å². The van der Waals surface area contributed by atoms with Crippen LogP contribution in [0.1, 0.15) is 46.3 Å². The first-order valence-electron chi connectivity index (χ1n) is 12.0. The Bertz CT molecular complexity index is 1400. The van der Waals surface area contributed by atoms with Gasteiger partial charge in [-0.05, 0) is 48.6 Å². The number of rotatable bonds is 11. The molecule has 4 rings (SSSR count). The molecule has 1 aromatic heterocycles. The molecule has 0 fully saturated rings. The minimum absolute atomic E-state index is 0.283. The Kier molecular flexibility index (Phi) is 9.03. The van der Waals surface area contributed by atoms with E-state index in [-0.39, 0.29) is 5.91 Å². The molecule has 9 heteroatoms. The zero-order chi connectivity index (χ0) is 26.2. The summed E-state index contributed by atoms with van der Waals surface area (Å²) in [5.41, 5.74) is 3.58. The van der Waals surface area contributed by atoms with Crippen molar-refractivity contribution in [1.82, 2.24) is 10.3 Å². The summed E-state index contributed by atoms with van der Waals surface area (Å²) in [5, 5.41) is 5.88. The molecule has 0 saturated carbocycles. The molecule has 37 heavy (non-hydrogen) atoms. The van der Waals surface area contributed by atoms with Gasteiger partial charge < -0.3 is 5.32 Å². The fourth-order valence-corrected chi connectivity index (χ4v) is 5.44. The third kappa shape index (κ3) is 7.24. The lowest BCUT2D eigenvalue weighted by atomic mass is 9.90. The number of halogens is 1. The lowest BCUT2D eigenvalue weighted by Gasteiger charge is -2.23. The van der Waals surface area contributed by atoms with Gasteiger partial charge in [0.25, 0.3) is 0 Å². The molecule has 192 valence electrons. The highest BCUT2D eigenvalue weighted by Gasteiger charge is 2.28. The first kappa shape index (κ1) is 26.5. The van der Waals surface area contributed by atoms with E-state index in [1.165, 1.54) is 17.4 Å². The maximum atomic E-state index is 14.8. The molecule has 0 aliphatic rings. The highest BCUT2D eigenvalue weighted by atomic mass is 32.2. The zero-order valence-corrected chi connectivity index (χ0v) is 22.0. The Morgan fingerprint density at radius 2 is 1.62 bits per heavy atom. The molecule has 1 unspecified atom stereocenters. The molecule has 0 saturated heterocycles. The smallest absolute Gasteiger partial charge is 0.228 e. The van der Waals surface area contributed by atoms with Crippen LogP contribution in [-0.4, -0.2) is 19.3 Å². The van der Waals surface area contributed by atoms with Crippen molar-refractivity contribution in [2.24, 2.45) is 0 Å². The number of hydrogen-bond acceptors (Lipinski definition) is 5. The van der Waals surface area contributed by atoms with Crippen LogP contribution in [-0.2, 0) is 34.9 Å². The van der Waals surface area contributed by atoms with Crippen LogP contribution in [0.4, 0.5) is 10.1 Å². The second kappa shape index (κ2) is 12.6. The molecule has 2 N–H and O–H groups in total. The third-order valence-corrected chi connectivity index (χ3v) is 7.49. The molecule has 4 aromatic rings. The van der Waals surface area contributed by atoms with Gasteiger partial charge in [0, 0.05) is 16.6 Å². The number of anilines is 1. The van der Waals surface area contributed by atoms with E-state index in [1.54, 1.807) is 30.3 Å². The number of thiol groups is 1. The van der Waals surface area contributed by atoms with Crippen LogP contribution in [0.3, 0.4) is 0 Å². The zero-order valence-electron chi connectivity index (χ0n) is 20.3. The van der Waals surface area contributed by atoms with Crippen molar-refractivity contribution in [2.45, 2.75) is 38.1 Å². The van der Waals surface area contributed by atoms with Crippen LogP contribution >= 0.6 is 11.3 Å². The molecule has 0 radical (unpaired) electrons. The summed E-state index contributed by atoms with van der Waals surface area (Å²) in [6.07, 6.45) is 1.57. The Morgan fingerprint density at radius 1 is 0.946 bits per heavy atom. The molecule has 3 aromatic carbocycles. The third-order valence-electron chi connectivity index (χ3n) is 6.04. The number of carbonyl (C=O) groups excluding carboxylic acids is 1. The normalized spacial score (nSPS) is 12.7. The predicted octanol–water partition coefficient (Wildman–Crippen LogP) is 5.21. The van der Waals surface area contributed by atoms with Gasteiger partial charge in [-0.1, -0.05) is 67.6 Å². The van der Waals surface area contributed by atoms with Gasteiger partial charge in [-0.2, -0.15) is 0 Å². The van der Waals surface area contributed by atoms with Gasteiger partial charge in [-0.15, -0.1) is 11.3 Å². The highest BCUT2D eigenvalue weighted by Crippen LogP contribution is 2.28. The molecule has 0 spiro atoms. The van der Waals surface area contributed by atoms with E-state index >= 15 is 0 Å². The first-order valence-corrected chi connectivity index (χ1v) is 14.0. The van der Waals surface area contributed by atoms with Crippen molar-refractivity contribution in [3.8, 4) is 0 Å². The monoisotopic (exact) mass is 537 g/mol. The van der Waals surface area contributed by atoms with Crippen molar-refractivity contribution in [3.05, 3.63) is 117 Å². The number of hydrogen-bond donors (Lipinski definition) is 3. The second-order valence-electron chi connectivity index (χ2n) is 8.63. The second-order valence-corrected chi connectivity index (χ2v) is 10.3. The fraction of sp³-hybridized carbons (Fsp3) is 0.214. The number of benzene rings is 3. The predicted molar refractivity (Wildman–Crippen MR) is 146 cm³/mol. The Hall–Kier alpha value is -3.56. The topological polar surface area (TPSA) is 88.2 Å². The van der Waals surface area contributed by atoms with Crippen LogP contribution < -0.4 is 10.0 Å². The van der Waals surface area contributed by atoms with Gasteiger partial charge in [-0.3, -0.25) is 9.52 Å². The number of carbonyl (C=O) groups is 1. The summed E-state index contributed by atoms with van der Waals surface area (Å²) < 4.78 is 39.1. The summed E-state index contributed by atoms with van der Waals surface area (Å²) in [6, 6.07) is 22.5. The van der Waals surface area contributed by atoms with E-state index in [2.05, 4.69) is 10.0 Å². The number of aryl methyl sites for hydroxylation is 1. The molecule has 1 amide bonds. The van der Waals surface area contributed by atoms with Gasteiger partial charge in [0.15, 0.2) is 0 Å². The van der Waals surface area contributed by atoms with Crippen molar-refractivity contribution >= 4 is 33.8 Å². The van der Waals surface area contributed by atoms with E-state index in [9.17, 15) is 17.6 Å². The number of aromatic nitrogens is 1. The molecule has 0 aliphatic carbocycles. The summed E-state index contributed by atoms with van der Waals surface area (Å²) in [4.78, 5) is 18.5. The summed E-state index contributed by atoms with van der Waals surface area (Å²) >= 11 is 1.48. The lowest BCUT2D eigenvalue weighted by molar-refractivity contribution is -0.123. The first-order chi connectivity index (χ1) is 17.9. The molecular weight excluding hydrogens is 509 g/mol. The number of thiazole rings is 1. The van der Waals surface area contributed by atoms with Gasteiger partial charge in [0.1, 0.15) is 10.8 Å². The summed E-state index contributed by atoms with van der Waals surface area (Å²) in [7, 11) is -2.75. The van der Waals surface area contributed by atoms with Gasteiger partial charge in [0.2, 0.25) is 16.8 Å². The Labute approximate surface area is 221 Å². The Balaban J connectivity index is 1.62. The molecule has 2 atom stereocenters. The van der Waals surface area contributed by atoms with E-state index in [0.717, 1.165) is 28.2 Å². The van der Waals surface area contributed by atoms with Gasteiger partial charge in [-0.25, -0.2) is 17.8 Å². The average Bonchev–Trinajstić information content (AvgIpc) is 3.38. The molecule has 0 aliphatic heterocycles. The van der Waals surface area contributed by atoms with Gasteiger partial charge >= 0.3 is 0 Å². The van der Waals surface area contributed by atoms with Crippen molar-refractivity contribution in [1.29, 1.82) is 0 Å². The molecule has 0 bridgehead atoms. The quantitative estimate of drug-likeness (QED) is 0.229. The van der Waals surface area contributed by atoms with Crippen LogP contribution in [0.5, 0.6) is 0 Å². The van der Waals surface area contributed by atoms with Crippen molar-refractivity contribution in [2.75, 3.05) is 4.72 Å². The number of amides is 1. The van der Waals surface area contributed by atoms with Crippen LogP contribution in [0.25, 0.3) is 0 Å². The van der Waals surface area contributed by atoms with Crippen LogP contribution in [0.2, 0.25) is 0 Å². The minimum Gasteiger partial charge on any atom is -0.346 e. The van der Waals surface area contributed by atoms with E-state index < -0.39 is 28.7 Å². The standard InChI is InChI=1S/C28H28FN3O3S2/c1-2-21-18-36-28(30-21)26(17-20-12-14-22(15-13-20)32-37(34)35)31-27(33)24(16-19-8-4-3-5-9-19)23-10-6-7-11-25(23)29/h3-15,18,24,26,37H,2,16-17H2,1H3,(H,31,33)(H,32,34,35)/t24?,26-/m0/s1. The SMILES string of the molecule is CCc1csc([C@H](Cc2ccc(N[SH](=O)=O)cc2)NC(=O)C(Cc2ccccc2)c2ccccc2F)n1. The van der Waals surface area contributed by atoms with E-state index in [4.69, 9.17) is 4.98 Å². The van der Waals surface area contributed by atoms with E-state index in [1.807, 2.05) is 54.8 Å². The van der Waals surface area contributed by atoms with Crippen molar-refractivity contribution in [3.63, 3.8) is 0 Å². The average molecular weight is 538 g/mol. The highest BCUT2D eigenvalue weighted by molar-refractivity contribution is 7.73. The number of nitrogens with zero attached hydrogens (tertiary/aromatic N) is 1. The minimum atomic E-state index is -2.75. The van der Waals surface area contributed by atoms with E-state index in [0.29, 0.717) is 24.1 Å². The molecule has 6 nitrogen and oxygen atoms in total. The number of nitrogens with one attached hydrogen (secondary N) is 2. The lowest BCUT2D eigenvalue weighted by Crippen LogP contribution is -2.35. The van der Waals surface area contributed by atoms with Crippen LogP contribution in [0, 0.1) is 5.82 Å². The maximum Gasteiger partial charge on any atom is 0.228 e. The molecular formula is C28H28FN3O3S2. The maximum absolute atomic E-state index is 14.8.